The Kier molecular flexibility index (Phi) is 6.73. The fourth-order valence-electron chi connectivity index (χ4n) is 2.59. The first-order valence-corrected chi connectivity index (χ1v) is 6.74. The summed E-state index contributed by atoms with van der Waals surface area (Å²) in [6, 6.07) is 0. The van der Waals surface area contributed by atoms with Gasteiger partial charge in [-0.2, -0.15) is 0 Å². The molecule has 2 heteroatoms. The Morgan fingerprint density at radius 2 is 1.62 bits per heavy atom. The number of allylic oxidation sites excluding steroid dienone is 1. The fraction of sp³-hybridized carbons (Fsp3) is 0.857. The van der Waals surface area contributed by atoms with E-state index in [9.17, 15) is 0 Å². The van der Waals surface area contributed by atoms with E-state index in [1.165, 1.54) is 38.0 Å². The van der Waals surface area contributed by atoms with Gasteiger partial charge in [-0.15, -0.1) is 0 Å². The molecule has 2 aliphatic heterocycles. The number of hydrogen-bond acceptors (Lipinski definition) is 2. The summed E-state index contributed by atoms with van der Waals surface area (Å²) >= 11 is 0. The minimum Gasteiger partial charge on any atom is -0.371 e. The lowest BCUT2D eigenvalue weighted by atomic mass is 9.96. The van der Waals surface area contributed by atoms with Gasteiger partial charge in [0.2, 0.25) is 0 Å². The van der Waals surface area contributed by atoms with Gasteiger partial charge in [0.25, 0.3) is 0 Å². The largest absolute Gasteiger partial charge is 0.371 e. The van der Waals surface area contributed by atoms with Crippen LogP contribution in [0.15, 0.2) is 12.3 Å². The number of nitrogens with zero attached hydrogens (tertiary/aromatic N) is 2. The highest BCUT2D eigenvalue weighted by Gasteiger charge is 2.44. The van der Waals surface area contributed by atoms with Crippen LogP contribution in [0.4, 0.5) is 0 Å². The van der Waals surface area contributed by atoms with Gasteiger partial charge in [-0.1, -0.05) is 34.3 Å². The average molecular weight is 226 g/mol. The number of likely N-dealkylation sites (tertiary alicyclic amines) is 2. The quantitative estimate of drug-likeness (QED) is 0.625. The molecule has 1 spiro atoms. The van der Waals surface area contributed by atoms with Crippen molar-refractivity contribution in [1.82, 2.24) is 9.80 Å². The van der Waals surface area contributed by atoms with Crippen molar-refractivity contribution in [3.8, 4) is 0 Å². The van der Waals surface area contributed by atoms with Crippen molar-refractivity contribution in [2.75, 3.05) is 27.2 Å². The van der Waals surface area contributed by atoms with Crippen molar-refractivity contribution < 1.29 is 0 Å². The zero-order valence-electron chi connectivity index (χ0n) is 12.1. The van der Waals surface area contributed by atoms with Gasteiger partial charge in [0, 0.05) is 25.8 Å². The molecule has 1 atom stereocenters. The molecule has 0 saturated carbocycles. The summed E-state index contributed by atoms with van der Waals surface area (Å²) in [5.41, 5.74) is 1.77. The van der Waals surface area contributed by atoms with Gasteiger partial charge in [0.1, 0.15) is 0 Å². The van der Waals surface area contributed by atoms with E-state index in [1.807, 2.05) is 27.7 Å². The molecular formula is C14H30N2. The van der Waals surface area contributed by atoms with Crippen molar-refractivity contribution in [2.24, 2.45) is 0 Å². The number of rotatable bonds is 0. The van der Waals surface area contributed by atoms with Crippen LogP contribution in [0, 0.1) is 0 Å². The van der Waals surface area contributed by atoms with Crippen LogP contribution < -0.4 is 0 Å². The molecule has 0 amide bonds. The molecule has 0 N–H and O–H groups in total. The van der Waals surface area contributed by atoms with Crippen molar-refractivity contribution >= 4 is 0 Å². The summed E-state index contributed by atoms with van der Waals surface area (Å²) in [6.45, 7) is 14.6. The van der Waals surface area contributed by atoms with E-state index in [4.69, 9.17) is 0 Å². The molecule has 0 aromatic rings. The Morgan fingerprint density at radius 3 is 1.94 bits per heavy atom. The highest BCUT2D eigenvalue weighted by atomic mass is 15.3. The summed E-state index contributed by atoms with van der Waals surface area (Å²) in [4.78, 5) is 4.84. The highest BCUT2D eigenvalue weighted by Crippen LogP contribution is 2.40. The van der Waals surface area contributed by atoms with Crippen LogP contribution >= 0.6 is 0 Å². The van der Waals surface area contributed by atoms with Crippen molar-refractivity contribution in [3.05, 3.63) is 12.3 Å². The second-order valence-electron chi connectivity index (χ2n) is 4.34. The third-order valence-corrected chi connectivity index (χ3v) is 3.59. The van der Waals surface area contributed by atoms with Gasteiger partial charge in [-0.3, -0.25) is 0 Å². The van der Waals surface area contributed by atoms with Crippen LogP contribution in [0.5, 0.6) is 0 Å². The predicted molar refractivity (Wildman–Crippen MR) is 73.7 cm³/mol. The van der Waals surface area contributed by atoms with Crippen LogP contribution in [0.25, 0.3) is 0 Å². The van der Waals surface area contributed by atoms with E-state index in [2.05, 4.69) is 30.5 Å². The van der Waals surface area contributed by atoms with E-state index in [0.29, 0.717) is 5.54 Å². The van der Waals surface area contributed by atoms with E-state index < -0.39 is 0 Å². The monoisotopic (exact) mass is 226 g/mol. The maximum atomic E-state index is 4.09. The van der Waals surface area contributed by atoms with E-state index in [1.54, 1.807) is 0 Å². The molecule has 0 unspecified atom stereocenters. The lowest BCUT2D eigenvalue weighted by Gasteiger charge is -2.33. The standard InChI is InChI=1S/C10H18N2.2C2H6/c1-9-4-5-10(12(9)3)6-7-11(2)8-10;2*1-2/h1,4-8H2,2-3H3;2*1-2H3/t10-;;/m0../s1. The van der Waals surface area contributed by atoms with Crippen LogP contribution in [0.3, 0.4) is 0 Å². The third-order valence-electron chi connectivity index (χ3n) is 3.59. The SMILES string of the molecule is C=C1CC[C@@]2(CCN(C)C2)N1C.CC.CC. The van der Waals surface area contributed by atoms with Gasteiger partial charge in [-0.05, 0) is 26.3 Å². The normalized spacial score (nSPS) is 28.6. The van der Waals surface area contributed by atoms with Crippen LogP contribution in [-0.4, -0.2) is 42.5 Å². The lowest BCUT2D eigenvalue weighted by Crippen LogP contribution is -2.42. The molecule has 0 aromatic carbocycles. The Bertz CT molecular complexity index is 213. The number of hydrogen-bond donors (Lipinski definition) is 0. The molecule has 96 valence electrons. The zero-order valence-corrected chi connectivity index (χ0v) is 12.1. The molecule has 2 nitrogen and oxygen atoms in total. The molecule has 2 rings (SSSR count). The minimum atomic E-state index is 0.450. The van der Waals surface area contributed by atoms with E-state index in [0.717, 1.165) is 0 Å². The smallest absolute Gasteiger partial charge is 0.0538 e. The minimum absolute atomic E-state index is 0.450. The van der Waals surface area contributed by atoms with Gasteiger partial charge in [-0.25, -0.2) is 0 Å². The average Bonchev–Trinajstić information content (AvgIpc) is 2.84. The molecule has 0 aromatic heterocycles. The van der Waals surface area contributed by atoms with Crippen molar-refractivity contribution in [3.63, 3.8) is 0 Å². The first kappa shape index (κ1) is 15.5. The van der Waals surface area contributed by atoms with E-state index in [-0.39, 0.29) is 0 Å². The highest BCUT2D eigenvalue weighted by molar-refractivity contribution is 5.13. The topological polar surface area (TPSA) is 6.48 Å². The van der Waals surface area contributed by atoms with Gasteiger partial charge in [0.15, 0.2) is 0 Å². The molecule has 0 radical (unpaired) electrons. The third kappa shape index (κ3) is 3.00. The zero-order chi connectivity index (χ0) is 12.8. The van der Waals surface area contributed by atoms with Crippen LogP contribution in [0.1, 0.15) is 47.0 Å². The second-order valence-corrected chi connectivity index (χ2v) is 4.34. The molecule has 2 fully saturated rings. The first-order valence-electron chi connectivity index (χ1n) is 6.74. The fourth-order valence-corrected chi connectivity index (χ4v) is 2.59. The number of likely N-dealkylation sites (N-methyl/N-ethyl adjacent to an activating group) is 2. The Labute approximate surface area is 102 Å². The molecule has 2 aliphatic rings. The molecule has 2 heterocycles. The molecular weight excluding hydrogens is 196 g/mol. The van der Waals surface area contributed by atoms with Gasteiger partial charge in [0.05, 0.1) is 5.54 Å². The Morgan fingerprint density at radius 1 is 1.06 bits per heavy atom. The summed E-state index contributed by atoms with van der Waals surface area (Å²) in [6.07, 6.45) is 3.83. The molecule has 0 bridgehead atoms. The predicted octanol–water partition coefficient (Wildman–Crippen LogP) is 3.35. The summed E-state index contributed by atoms with van der Waals surface area (Å²) in [5.74, 6) is 0. The summed E-state index contributed by atoms with van der Waals surface area (Å²) in [7, 11) is 4.41. The molecule has 0 aliphatic carbocycles. The molecule has 2 saturated heterocycles. The van der Waals surface area contributed by atoms with Crippen LogP contribution in [-0.2, 0) is 0 Å². The first-order chi connectivity index (χ1) is 7.64. The van der Waals surface area contributed by atoms with Gasteiger partial charge >= 0.3 is 0 Å². The molecule has 16 heavy (non-hydrogen) atoms. The summed E-state index contributed by atoms with van der Waals surface area (Å²) in [5, 5.41) is 0. The lowest BCUT2D eigenvalue weighted by molar-refractivity contribution is 0.204. The van der Waals surface area contributed by atoms with Gasteiger partial charge < -0.3 is 9.80 Å². The van der Waals surface area contributed by atoms with E-state index >= 15 is 0 Å². The second kappa shape index (κ2) is 6.95. The maximum absolute atomic E-state index is 4.09. The maximum Gasteiger partial charge on any atom is 0.0538 e. The van der Waals surface area contributed by atoms with Crippen molar-refractivity contribution in [2.45, 2.75) is 52.5 Å². The van der Waals surface area contributed by atoms with Crippen LogP contribution in [0.2, 0.25) is 0 Å². The van der Waals surface area contributed by atoms with Crippen molar-refractivity contribution in [1.29, 1.82) is 0 Å². The summed E-state index contributed by atoms with van der Waals surface area (Å²) < 4.78 is 0. The Balaban J connectivity index is 0.000000509. The Hall–Kier alpha value is -0.500.